The van der Waals surface area contributed by atoms with Crippen molar-refractivity contribution in [2.45, 2.75) is 63.5 Å². The molecule has 0 saturated carbocycles. The van der Waals surface area contributed by atoms with Gasteiger partial charge in [-0.15, -0.1) is 0 Å². The van der Waals surface area contributed by atoms with Crippen LogP contribution in [0.25, 0.3) is 10.4 Å². The lowest BCUT2D eigenvalue weighted by Gasteiger charge is -2.34. The van der Waals surface area contributed by atoms with E-state index in [1.807, 2.05) is 13.8 Å². The zero-order chi connectivity index (χ0) is 15.4. The van der Waals surface area contributed by atoms with Crippen molar-refractivity contribution in [3.05, 3.63) is 22.1 Å². The molecule has 0 amide bonds. The number of Topliss-reactive ketones (excluding diaryl/α,β-unsaturated/α-hetero) is 1. The van der Waals surface area contributed by atoms with E-state index in [0.717, 1.165) is 12.8 Å². The third-order valence-corrected chi connectivity index (χ3v) is 4.02. The lowest BCUT2D eigenvalue weighted by Crippen LogP contribution is -2.49. The average molecular weight is 294 g/mol. The molecular formula is C14H22N4O3. The molecule has 4 atom stereocenters. The van der Waals surface area contributed by atoms with E-state index >= 15 is 0 Å². The lowest BCUT2D eigenvalue weighted by molar-refractivity contribution is -0.117. The molecule has 1 heterocycles. The van der Waals surface area contributed by atoms with Crippen LogP contribution >= 0.6 is 0 Å². The van der Waals surface area contributed by atoms with Crippen LogP contribution in [-0.2, 0) is 14.3 Å². The maximum Gasteiger partial charge on any atom is 0.189 e. The van der Waals surface area contributed by atoms with Gasteiger partial charge in [0.15, 0.2) is 5.78 Å². The standard InChI is InChI=1S/C14H22N4O3/c1-3-9(4-2)21-11-6-8(14(19)12-7-20-12)5-10(13(11)15)17-18-16/h6,9-13H,3-5,7,15H2,1-2H3/t10-,11+,12?,13+/m0/s1. The fourth-order valence-corrected chi connectivity index (χ4v) is 2.56. The first-order chi connectivity index (χ1) is 10.1. The number of carbonyl (C=O) groups excluding carboxylic acids is 1. The van der Waals surface area contributed by atoms with Crippen molar-refractivity contribution >= 4 is 5.78 Å². The molecule has 1 aliphatic carbocycles. The summed E-state index contributed by atoms with van der Waals surface area (Å²) < 4.78 is 11.0. The van der Waals surface area contributed by atoms with Gasteiger partial charge in [-0.1, -0.05) is 19.0 Å². The monoisotopic (exact) mass is 294 g/mol. The van der Waals surface area contributed by atoms with Gasteiger partial charge in [0.05, 0.1) is 24.9 Å². The first-order valence-corrected chi connectivity index (χ1v) is 7.42. The van der Waals surface area contributed by atoms with Gasteiger partial charge in [0.1, 0.15) is 6.10 Å². The quantitative estimate of drug-likeness (QED) is 0.334. The fourth-order valence-electron chi connectivity index (χ4n) is 2.56. The van der Waals surface area contributed by atoms with Gasteiger partial charge >= 0.3 is 0 Å². The van der Waals surface area contributed by atoms with E-state index in [0.29, 0.717) is 18.6 Å². The number of ketones is 1. The summed E-state index contributed by atoms with van der Waals surface area (Å²) in [7, 11) is 0. The Kier molecular flexibility index (Phi) is 5.36. The van der Waals surface area contributed by atoms with Gasteiger partial charge in [-0.05, 0) is 36.4 Å². The summed E-state index contributed by atoms with van der Waals surface area (Å²) in [5, 5.41) is 3.73. The number of nitrogens with two attached hydrogens (primary N) is 1. The maximum atomic E-state index is 12.2. The van der Waals surface area contributed by atoms with Crippen LogP contribution in [0.5, 0.6) is 0 Å². The zero-order valence-corrected chi connectivity index (χ0v) is 12.4. The zero-order valence-electron chi connectivity index (χ0n) is 12.4. The molecule has 21 heavy (non-hydrogen) atoms. The van der Waals surface area contributed by atoms with Crippen molar-refractivity contribution in [3.63, 3.8) is 0 Å². The molecule has 0 aromatic rings. The molecule has 2 N–H and O–H groups in total. The molecule has 0 spiro atoms. The van der Waals surface area contributed by atoms with Crippen molar-refractivity contribution in [2.24, 2.45) is 10.8 Å². The topological polar surface area (TPSA) is 114 Å². The van der Waals surface area contributed by atoms with Gasteiger partial charge < -0.3 is 15.2 Å². The summed E-state index contributed by atoms with van der Waals surface area (Å²) in [5.41, 5.74) is 15.4. The van der Waals surface area contributed by atoms with Crippen LogP contribution in [0.1, 0.15) is 33.1 Å². The molecule has 2 rings (SSSR count). The van der Waals surface area contributed by atoms with Crippen LogP contribution in [0.15, 0.2) is 16.8 Å². The number of nitrogens with zero attached hydrogens (tertiary/aromatic N) is 3. The molecule has 0 aromatic heterocycles. The summed E-state index contributed by atoms with van der Waals surface area (Å²) >= 11 is 0. The molecule has 1 saturated heterocycles. The SMILES string of the molecule is CCC(CC)O[C@@H]1C=C(C(=O)C2CO2)C[C@H](N=[N+]=[N-])[C@H]1N. The summed E-state index contributed by atoms with van der Waals surface area (Å²) in [5.74, 6) is -0.0433. The third kappa shape index (κ3) is 3.83. The summed E-state index contributed by atoms with van der Waals surface area (Å²) in [6.45, 7) is 4.55. The van der Waals surface area contributed by atoms with Crippen LogP contribution in [0.2, 0.25) is 0 Å². The molecule has 2 aliphatic rings. The molecule has 1 unspecified atom stereocenters. The number of azide groups is 1. The molecule has 0 bridgehead atoms. The van der Waals surface area contributed by atoms with Crippen molar-refractivity contribution < 1.29 is 14.3 Å². The van der Waals surface area contributed by atoms with Crippen LogP contribution in [0.4, 0.5) is 0 Å². The normalized spacial score (nSPS) is 31.5. The van der Waals surface area contributed by atoms with Crippen LogP contribution in [0, 0.1) is 0 Å². The largest absolute Gasteiger partial charge is 0.369 e. The number of carbonyl (C=O) groups is 1. The number of ether oxygens (including phenoxy) is 2. The highest BCUT2D eigenvalue weighted by Gasteiger charge is 2.39. The second-order valence-electron chi connectivity index (χ2n) is 5.47. The highest BCUT2D eigenvalue weighted by molar-refractivity contribution is 6.00. The van der Waals surface area contributed by atoms with Crippen LogP contribution < -0.4 is 5.73 Å². The second-order valence-corrected chi connectivity index (χ2v) is 5.47. The van der Waals surface area contributed by atoms with Crippen LogP contribution in [-0.4, -0.2) is 42.8 Å². The lowest BCUT2D eigenvalue weighted by atomic mass is 9.86. The third-order valence-electron chi connectivity index (χ3n) is 4.02. The summed E-state index contributed by atoms with van der Waals surface area (Å²) in [4.78, 5) is 15.0. The van der Waals surface area contributed by atoms with Gasteiger partial charge in [0.25, 0.3) is 0 Å². The molecule has 7 nitrogen and oxygen atoms in total. The highest BCUT2D eigenvalue weighted by Crippen LogP contribution is 2.28. The minimum atomic E-state index is -0.461. The van der Waals surface area contributed by atoms with Gasteiger partial charge in [0, 0.05) is 11.0 Å². The molecule has 116 valence electrons. The van der Waals surface area contributed by atoms with Gasteiger partial charge in [-0.3, -0.25) is 4.79 Å². The Balaban J connectivity index is 2.19. The fraction of sp³-hybridized carbons (Fsp3) is 0.786. The average Bonchev–Trinajstić information content (AvgIpc) is 3.32. The Morgan fingerprint density at radius 2 is 2.29 bits per heavy atom. The number of rotatable bonds is 7. The Bertz CT molecular complexity index is 465. The number of hydrogen-bond acceptors (Lipinski definition) is 5. The molecule has 0 aromatic carbocycles. The van der Waals surface area contributed by atoms with E-state index in [2.05, 4.69) is 10.0 Å². The van der Waals surface area contributed by atoms with E-state index in [4.69, 9.17) is 20.7 Å². The second kappa shape index (κ2) is 7.04. The van der Waals surface area contributed by atoms with Crippen molar-refractivity contribution in [2.75, 3.05) is 6.61 Å². The van der Waals surface area contributed by atoms with E-state index in [1.54, 1.807) is 6.08 Å². The smallest absolute Gasteiger partial charge is 0.189 e. The Morgan fingerprint density at radius 3 is 2.81 bits per heavy atom. The first-order valence-electron chi connectivity index (χ1n) is 7.42. The highest BCUT2D eigenvalue weighted by atomic mass is 16.6. The first kappa shape index (κ1) is 16.0. The predicted molar refractivity (Wildman–Crippen MR) is 77.6 cm³/mol. The summed E-state index contributed by atoms with van der Waals surface area (Å²) in [6, 6.07) is -0.893. The van der Waals surface area contributed by atoms with E-state index < -0.39 is 18.2 Å². The Morgan fingerprint density at radius 1 is 1.62 bits per heavy atom. The molecule has 1 aliphatic heterocycles. The van der Waals surface area contributed by atoms with Gasteiger partial charge in [-0.25, -0.2) is 0 Å². The summed E-state index contributed by atoms with van der Waals surface area (Å²) in [6.07, 6.45) is 3.21. The van der Waals surface area contributed by atoms with Crippen LogP contribution in [0.3, 0.4) is 0 Å². The van der Waals surface area contributed by atoms with Crippen molar-refractivity contribution in [1.82, 2.24) is 0 Å². The van der Waals surface area contributed by atoms with E-state index in [9.17, 15) is 4.79 Å². The Labute approximate surface area is 124 Å². The molecule has 7 heteroatoms. The number of epoxide rings is 1. The van der Waals surface area contributed by atoms with Gasteiger partial charge in [-0.2, -0.15) is 0 Å². The predicted octanol–water partition coefficient (Wildman–Crippen LogP) is 1.86. The maximum absolute atomic E-state index is 12.2. The van der Waals surface area contributed by atoms with Gasteiger partial charge in [0.2, 0.25) is 0 Å². The van der Waals surface area contributed by atoms with Crippen molar-refractivity contribution in [3.8, 4) is 0 Å². The Hall–Kier alpha value is -1.40. The minimum absolute atomic E-state index is 0.0433. The molecule has 1 fully saturated rings. The van der Waals surface area contributed by atoms with E-state index in [-0.39, 0.29) is 18.0 Å². The van der Waals surface area contributed by atoms with E-state index in [1.165, 1.54) is 0 Å². The molecule has 0 radical (unpaired) electrons. The minimum Gasteiger partial charge on any atom is -0.369 e. The number of hydrogen-bond donors (Lipinski definition) is 1. The van der Waals surface area contributed by atoms with Crippen molar-refractivity contribution in [1.29, 1.82) is 0 Å². The molecular weight excluding hydrogens is 272 g/mol.